The number of rotatable bonds is 4. The molecule has 0 bridgehead atoms. The summed E-state index contributed by atoms with van der Waals surface area (Å²) in [5.41, 5.74) is 7.11. The van der Waals surface area contributed by atoms with E-state index in [2.05, 4.69) is 15.5 Å². The predicted molar refractivity (Wildman–Crippen MR) is 61.3 cm³/mol. The van der Waals surface area contributed by atoms with Gasteiger partial charge in [-0.3, -0.25) is 0 Å². The molecule has 1 aromatic heterocycles. The molecule has 0 saturated heterocycles. The summed E-state index contributed by atoms with van der Waals surface area (Å²) < 4.78 is 6.59. The molecule has 0 unspecified atom stereocenters. The number of anilines is 1. The Morgan fingerprint density at radius 1 is 1.47 bits per heavy atom. The van der Waals surface area contributed by atoms with Crippen LogP contribution in [0.1, 0.15) is 0 Å². The first-order chi connectivity index (χ1) is 8.26. The van der Waals surface area contributed by atoms with Crippen molar-refractivity contribution in [3.8, 4) is 17.1 Å². The number of nitrogens with two attached hydrogens (primary N) is 1. The quantitative estimate of drug-likeness (QED) is 0.719. The highest BCUT2D eigenvalue weighted by atomic mass is 16.5. The summed E-state index contributed by atoms with van der Waals surface area (Å²) in [5, 5.41) is 20.1. The molecule has 90 valence electrons. The number of aliphatic hydroxyl groups is 1. The molecule has 0 atom stereocenters. The molecular weight excluding hydrogens is 222 g/mol. The number of nitrogen functional groups attached to an aromatic ring is 1. The van der Waals surface area contributed by atoms with Gasteiger partial charge < -0.3 is 15.6 Å². The molecule has 1 heterocycles. The van der Waals surface area contributed by atoms with Gasteiger partial charge in [0, 0.05) is 5.56 Å². The minimum absolute atomic E-state index is 0.0241. The zero-order valence-corrected chi connectivity index (χ0v) is 9.37. The lowest BCUT2D eigenvalue weighted by Crippen LogP contribution is -2.06. The van der Waals surface area contributed by atoms with E-state index in [-0.39, 0.29) is 6.61 Å². The number of hydrogen-bond donors (Lipinski definition) is 2. The highest BCUT2D eigenvalue weighted by molar-refractivity contribution is 5.66. The molecule has 2 rings (SSSR count). The van der Waals surface area contributed by atoms with Crippen LogP contribution in [0.5, 0.6) is 5.75 Å². The van der Waals surface area contributed by atoms with Crippen molar-refractivity contribution >= 4 is 5.69 Å². The number of methoxy groups -OCH3 is 1. The van der Waals surface area contributed by atoms with Gasteiger partial charge in [-0.25, -0.2) is 4.68 Å². The van der Waals surface area contributed by atoms with Crippen LogP contribution in [-0.4, -0.2) is 39.0 Å². The molecule has 0 aliphatic heterocycles. The molecule has 0 radical (unpaired) electrons. The molecule has 0 saturated carbocycles. The van der Waals surface area contributed by atoms with E-state index < -0.39 is 0 Å². The summed E-state index contributed by atoms with van der Waals surface area (Å²) >= 11 is 0. The van der Waals surface area contributed by atoms with Gasteiger partial charge in [-0.05, 0) is 28.6 Å². The number of aromatic nitrogens is 4. The van der Waals surface area contributed by atoms with Gasteiger partial charge in [-0.2, -0.15) is 0 Å². The standard InChI is InChI=1S/C10H13N5O2/c1-17-9-3-2-7(6-8(9)11)10-12-13-14-15(10)4-5-16/h2-3,6,16H,4-5,11H2,1H3. The van der Waals surface area contributed by atoms with Gasteiger partial charge in [0.25, 0.3) is 0 Å². The van der Waals surface area contributed by atoms with E-state index in [9.17, 15) is 0 Å². The number of aliphatic hydroxyl groups excluding tert-OH is 1. The third-order valence-corrected chi connectivity index (χ3v) is 2.33. The van der Waals surface area contributed by atoms with E-state index in [1.165, 1.54) is 4.68 Å². The van der Waals surface area contributed by atoms with Crippen molar-refractivity contribution in [2.45, 2.75) is 6.54 Å². The maximum absolute atomic E-state index is 8.89. The van der Waals surface area contributed by atoms with Gasteiger partial charge >= 0.3 is 0 Å². The van der Waals surface area contributed by atoms with E-state index in [0.717, 1.165) is 5.56 Å². The second-order valence-electron chi connectivity index (χ2n) is 3.41. The van der Waals surface area contributed by atoms with Gasteiger partial charge in [0.15, 0.2) is 5.82 Å². The fourth-order valence-corrected chi connectivity index (χ4v) is 1.53. The Labute approximate surface area is 97.8 Å². The number of tetrazole rings is 1. The van der Waals surface area contributed by atoms with Crippen LogP contribution >= 0.6 is 0 Å². The van der Waals surface area contributed by atoms with E-state index in [1.54, 1.807) is 19.2 Å². The zero-order chi connectivity index (χ0) is 12.3. The van der Waals surface area contributed by atoms with Crippen LogP contribution in [0.2, 0.25) is 0 Å². The Kier molecular flexibility index (Phi) is 3.20. The van der Waals surface area contributed by atoms with E-state index in [1.807, 2.05) is 6.07 Å². The Bertz CT molecular complexity index is 511. The van der Waals surface area contributed by atoms with Crippen LogP contribution in [0.15, 0.2) is 18.2 Å². The van der Waals surface area contributed by atoms with Crippen LogP contribution in [0.3, 0.4) is 0 Å². The molecule has 7 nitrogen and oxygen atoms in total. The van der Waals surface area contributed by atoms with E-state index in [4.69, 9.17) is 15.6 Å². The smallest absolute Gasteiger partial charge is 0.182 e. The van der Waals surface area contributed by atoms with Crippen molar-refractivity contribution in [1.29, 1.82) is 0 Å². The maximum Gasteiger partial charge on any atom is 0.182 e. The fraction of sp³-hybridized carbons (Fsp3) is 0.300. The Balaban J connectivity index is 2.39. The van der Waals surface area contributed by atoms with Gasteiger partial charge in [-0.15, -0.1) is 5.10 Å². The van der Waals surface area contributed by atoms with Crippen LogP contribution in [0.25, 0.3) is 11.4 Å². The molecule has 0 aliphatic carbocycles. The number of benzene rings is 1. The second-order valence-corrected chi connectivity index (χ2v) is 3.41. The Hall–Kier alpha value is -2.15. The largest absolute Gasteiger partial charge is 0.495 e. The van der Waals surface area contributed by atoms with Gasteiger partial charge in [0.1, 0.15) is 5.75 Å². The first-order valence-corrected chi connectivity index (χ1v) is 5.07. The Morgan fingerprint density at radius 3 is 2.94 bits per heavy atom. The minimum atomic E-state index is -0.0241. The molecule has 0 aliphatic rings. The van der Waals surface area contributed by atoms with Gasteiger partial charge in [-0.1, -0.05) is 0 Å². The molecule has 0 fully saturated rings. The second kappa shape index (κ2) is 4.79. The molecule has 0 spiro atoms. The highest BCUT2D eigenvalue weighted by Gasteiger charge is 2.10. The summed E-state index contributed by atoms with van der Waals surface area (Å²) in [6, 6.07) is 5.30. The molecule has 2 aromatic rings. The van der Waals surface area contributed by atoms with E-state index in [0.29, 0.717) is 23.8 Å². The lowest BCUT2D eigenvalue weighted by Gasteiger charge is -2.07. The minimum Gasteiger partial charge on any atom is -0.495 e. The van der Waals surface area contributed by atoms with Crippen LogP contribution in [0, 0.1) is 0 Å². The monoisotopic (exact) mass is 235 g/mol. The van der Waals surface area contributed by atoms with Crippen LogP contribution in [0.4, 0.5) is 5.69 Å². The summed E-state index contributed by atoms with van der Waals surface area (Å²) in [7, 11) is 1.56. The molecule has 7 heteroatoms. The average Bonchev–Trinajstić information content (AvgIpc) is 2.78. The average molecular weight is 235 g/mol. The normalized spacial score (nSPS) is 10.5. The van der Waals surface area contributed by atoms with Gasteiger partial charge in [0.2, 0.25) is 0 Å². The van der Waals surface area contributed by atoms with Gasteiger partial charge in [0.05, 0.1) is 25.9 Å². The fourth-order valence-electron chi connectivity index (χ4n) is 1.53. The van der Waals surface area contributed by atoms with Crippen molar-refractivity contribution in [3.05, 3.63) is 18.2 Å². The number of ether oxygens (including phenoxy) is 1. The van der Waals surface area contributed by atoms with Crippen molar-refractivity contribution < 1.29 is 9.84 Å². The topological polar surface area (TPSA) is 99.1 Å². The van der Waals surface area contributed by atoms with Crippen molar-refractivity contribution in [2.75, 3.05) is 19.5 Å². The first-order valence-electron chi connectivity index (χ1n) is 5.07. The number of hydrogen-bond acceptors (Lipinski definition) is 6. The predicted octanol–water partition coefficient (Wildman–Crippen LogP) is -0.0768. The van der Waals surface area contributed by atoms with Crippen LogP contribution in [-0.2, 0) is 6.54 Å². The molecule has 1 aromatic carbocycles. The highest BCUT2D eigenvalue weighted by Crippen LogP contribution is 2.26. The van der Waals surface area contributed by atoms with Crippen molar-refractivity contribution in [3.63, 3.8) is 0 Å². The third-order valence-electron chi connectivity index (χ3n) is 2.33. The Morgan fingerprint density at radius 2 is 2.29 bits per heavy atom. The van der Waals surface area contributed by atoms with Crippen LogP contribution < -0.4 is 10.5 Å². The lowest BCUT2D eigenvalue weighted by molar-refractivity contribution is 0.269. The molecular formula is C10H13N5O2. The zero-order valence-electron chi connectivity index (χ0n) is 9.37. The third kappa shape index (κ3) is 2.18. The first kappa shape index (κ1) is 11.3. The maximum atomic E-state index is 8.89. The molecule has 3 N–H and O–H groups in total. The lowest BCUT2D eigenvalue weighted by atomic mass is 10.2. The SMILES string of the molecule is COc1ccc(-c2nnnn2CCO)cc1N. The van der Waals surface area contributed by atoms with Crippen molar-refractivity contribution in [2.24, 2.45) is 0 Å². The summed E-state index contributed by atoms with van der Waals surface area (Å²) in [6.07, 6.45) is 0. The molecule has 17 heavy (non-hydrogen) atoms. The summed E-state index contributed by atoms with van der Waals surface area (Å²) in [4.78, 5) is 0. The van der Waals surface area contributed by atoms with Crippen molar-refractivity contribution in [1.82, 2.24) is 20.2 Å². The number of nitrogens with zero attached hydrogens (tertiary/aromatic N) is 4. The summed E-state index contributed by atoms with van der Waals surface area (Å²) in [6.45, 7) is 0.317. The molecule has 0 amide bonds. The van der Waals surface area contributed by atoms with E-state index >= 15 is 0 Å². The summed E-state index contributed by atoms with van der Waals surface area (Å²) in [5.74, 6) is 1.17.